The van der Waals surface area contributed by atoms with Crippen LogP contribution < -0.4 is 16.4 Å². The highest BCUT2D eigenvalue weighted by Gasteiger charge is 2.26. The third-order valence-electron chi connectivity index (χ3n) is 4.06. The fraction of sp³-hybridized carbons (Fsp3) is 0.300. The minimum Gasteiger partial charge on any atom is -0.350 e. The molecule has 26 heavy (non-hydrogen) atoms. The van der Waals surface area contributed by atoms with Gasteiger partial charge >= 0.3 is 0 Å². The van der Waals surface area contributed by atoms with Crippen LogP contribution in [-0.2, 0) is 11.3 Å². The van der Waals surface area contributed by atoms with E-state index in [9.17, 15) is 14.0 Å². The summed E-state index contributed by atoms with van der Waals surface area (Å²) in [5.41, 5.74) is 7.00. The summed E-state index contributed by atoms with van der Waals surface area (Å²) in [7, 11) is 0. The largest absolute Gasteiger partial charge is 0.350 e. The summed E-state index contributed by atoms with van der Waals surface area (Å²) in [5, 5.41) is 5.57. The van der Waals surface area contributed by atoms with Gasteiger partial charge in [-0.1, -0.05) is 25.5 Å². The number of carbonyl (C=O) groups is 2. The van der Waals surface area contributed by atoms with Crippen molar-refractivity contribution in [3.8, 4) is 0 Å². The van der Waals surface area contributed by atoms with Crippen LogP contribution in [0.5, 0.6) is 0 Å². The summed E-state index contributed by atoms with van der Waals surface area (Å²) >= 11 is 0. The molecule has 0 spiro atoms. The van der Waals surface area contributed by atoms with Crippen LogP contribution in [-0.4, -0.2) is 17.4 Å². The van der Waals surface area contributed by atoms with E-state index in [1.165, 1.54) is 24.3 Å². The fourth-order valence-corrected chi connectivity index (χ4v) is 2.53. The molecule has 138 valence electrons. The van der Waals surface area contributed by atoms with Crippen LogP contribution in [0.4, 0.5) is 10.1 Å². The minimum absolute atomic E-state index is 0.187. The third-order valence-corrected chi connectivity index (χ3v) is 4.06. The molecule has 2 amide bonds. The number of benzene rings is 2. The molecule has 0 aliphatic heterocycles. The smallest absolute Gasteiger partial charge is 0.255 e. The molecule has 6 heteroatoms. The average Bonchev–Trinajstić information content (AvgIpc) is 2.61. The Morgan fingerprint density at radius 1 is 1.08 bits per heavy atom. The molecule has 2 aromatic rings. The van der Waals surface area contributed by atoms with Gasteiger partial charge in [-0.2, -0.15) is 0 Å². The van der Waals surface area contributed by atoms with E-state index in [1.54, 1.807) is 19.1 Å². The van der Waals surface area contributed by atoms with E-state index in [2.05, 4.69) is 10.6 Å². The summed E-state index contributed by atoms with van der Waals surface area (Å²) < 4.78 is 12.9. The maximum absolute atomic E-state index is 12.9. The highest BCUT2D eigenvalue weighted by Crippen LogP contribution is 2.13. The standard InChI is InChI=1S/C20H24FN3O2/c1-3-12-20(2,22)19(26)23-13-14-4-10-17(11-5-14)24-18(25)15-6-8-16(21)9-7-15/h4-11H,3,12-13,22H2,1-2H3,(H,23,26)(H,24,25). The first kappa shape index (κ1) is 19.6. The molecule has 1 atom stereocenters. The van der Waals surface area contributed by atoms with Crippen molar-refractivity contribution >= 4 is 17.5 Å². The molecule has 4 N–H and O–H groups in total. The number of hydrogen-bond acceptors (Lipinski definition) is 3. The summed E-state index contributed by atoms with van der Waals surface area (Å²) in [6.07, 6.45) is 1.45. The van der Waals surface area contributed by atoms with Gasteiger partial charge in [0.1, 0.15) is 5.82 Å². The van der Waals surface area contributed by atoms with Gasteiger partial charge in [0.15, 0.2) is 0 Å². The number of halogens is 1. The van der Waals surface area contributed by atoms with Crippen LogP contribution in [0, 0.1) is 5.82 Å². The Morgan fingerprint density at radius 2 is 1.69 bits per heavy atom. The number of hydrogen-bond donors (Lipinski definition) is 3. The molecule has 2 rings (SSSR count). The lowest BCUT2D eigenvalue weighted by Crippen LogP contribution is -2.51. The van der Waals surface area contributed by atoms with Crippen molar-refractivity contribution in [1.29, 1.82) is 0 Å². The van der Waals surface area contributed by atoms with Crippen LogP contribution in [0.3, 0.4) is 0 Å². The molecule has 0 aromatic heterocycles. The van der Waals surface area contributed by atoms with E-state index in [4.69, 9.17) is 5.73 Å². The van der Waals surface area contributed by atoms with Crippen molar-refractivity contribution in [2.45, 2.75) is 38.8 Å². The first-order valence-electron chi connectivity index (χ1n) is 8.55. The summed E-state index contributed by atoms with van der Waals surface area (Å²) in [5.74, 6) is -0.891. The lowest BCUT2D eigenvalue weighted by molar-refractivity contribution is -0.126. The highest BCUT2D eigenvalue weighted by atomic mass is 19.1. The molecule has 0 fully saturated rings. The van der Waals surface area contributed by atoms with Gasteiger partial charge in [-0.05, 0) is 55.3 Å². The van der Waals surface area contributed by atoms with Crippen molar-refractivity contribution in [3.63, 3.8) is 0 Å². The molecule has 0 saturated carbocycles. The molecule has 0 heterocycles. The van der Waals surface area contributed by atoms with E-state index in [0.717, 1.165) is 12.0 Å². The van der Waals surface area contributed by atoms with Gasteiger partial charge in [0, 0.05) is 17.8 Å². The van der Waals surface area contributed by atoms with Crippen molar-refractivity contribution in [2.75, 3.05) is 5.32 Å². The maximum Gasteiger partial charge on any atom is 0.255 e. The zero-order valence-electron chi connectivity index (χ0n) is 15.0. The molecular weight excluding hydrogens is 333 g/mol. The lowest BCUT2D eigenvalue weighted by Gasteiger charge is -2.22. The highest BCUT2D eigenvalue weighted by molar-refractivity contribution is 6.04. The van der Waals surface area contributed by atoms with Crippen molar-refractivity contribution in [2.24, 2.45) is 5.73 Å². The fourth-order valence-electron chi connectivity index (χ4n) is 2.53. The molecule has 1 unspecified atom stereocenters. The topological polar surface area (TPSA) is 84.2 Å². The molecule has 0 aliphatic carbocycles. The Balaban J connectivity index is 1.91. The normalized spacial score (nSPS) is 12.9. The summed E-state index contributed by atoms with van der Waals surface area (Å²) in [6, 6.07) is 12.5. The van der Waals surface area contributed by atoms with E-state index in [0.29, 0.717) is 24.2 Å². The zero-order valence-corrected chi connectivity index (χ0v) is 15.0. The van der Waals surface area contributed by atoms with Gasteiger partial charge in [-0.25, -0.2) is 4.39 Å². The van der Waals surface area contributed by atoms with Crippen LogP contribution >= 0.6 is 0 Å². The maximum atomic E-state index is 12.9. The molecule has 2 aromatic carbocycles. The van der Waals surface area contributed by atoms with E-state index in [-0.39, 0.29) is 17.6 Å². The SMILES string of the molecule is CCCC(C)(N)C(=O)NCc1ccc(NC(=O)c2ccc(F)cc2)cc1. The first-order valence-corrected chi connectivity index (χ1v) is 8.55. The van der Waals surface area contributed by atoms with Gasteiger partial charge in [-0.3, -0.25) is 9.59 Å². The van der Waals surface area contributed by atoms with Gasteiger partial charge in [0.05, 0.1) is 5.54 Å². The second-order valence-electron chi connectivity index (χ2n) is 6.51. The quantitative estimate of drug-likeness (QED) is 0.711. The van der Waals surface area contributed by atoms with Crippen molar-refractivity contribution in [1.82, 2.24) is 5.32 Å². The molecular formula is C20H24FN3O2. The number of nitrogens with one attached hydrogen (secondary N) is 2. The van der Waals surface area contributed by atoms with Crippen LogP contribution in [0.25, 0.3) is 0 Å². The van der Waals surface area contributed by atoms with Gasteiger partial charge in [0.2, 0.25) is 5.91 Å². The van der Waals surface area contributed by atoms with Crippen LogP contribution in [0.1, 0.15) is 42.6 Å². The number of amides is 2. The predicted octanol–water partition coefficient (Wildman–Crippen LogP) is 3.21. The Labute approximate surface area is 152 Å². The molecule has 5 nitrogen and oxygen atoms in total. The molecule has 0 bridgehead atoms. The van der Waals surface area contributed by atoms with E-state index >= 15 is 0 Å². The van der Waals surface area contributed by atoms with E-state index < -0.39 is 5.54 Å². The number of anilines is 1. The number of nitrogens with two attached hydrogens (primary N) is 1. The molecule has 0 saturated heterocycles. The molecule has 0 aliphatic rings. The number of carbonyl (C=O) groups excluding carboxylic acids is 2. The zero-order chi connectivity index (χ0) is 19.2. The summed E-state index contributed by atoms with van der Waals surface area (Å²) in [6.45, 7) is 4.07. The Morgan fingerprint density at radius 3 is 2.27 bits per heavy atom. The van der Waals surface area contributed by atoms with Crippen molar-refractivity contribution < 1.29 is 14.0 Å². The first-order chi connectivity index (χ1) is 12.3. The predicted molar refractivity (Wildman–Crippen MR) is 100 cm³/mol. The molecule has 0 radical (unpaired) electrons. The van der Waals surface area contributed by atoms with Crippen LogP contribution in [0.15, 0.2) is 48.5 Å². The Kier molecular flexibility index (Phi) is 6.46. The Bertz CT molecular complexity index is 756. The second kappa shape index (κ2) is 8.58. The van der Waals surface area contributed by atoms with Gasteiger partial charge in [0.25, 0.3) is 5.91 Å². The van der Waals surface area contributed by atoms with Gasteiger partial charge < -0.3 is 16.4 Å². The second-order valence-corrected chi connectivity index (χ2v) is 6.51. The number of rotatable bonds is 7. The third kappa shape index (κ3) is 5.39. The average molecular weight is 357 g/mol. The summed E-state index contributed by atoms with van der Waals surface area (Å²) in [4.78, 5) is 24.2. The Hall–Kier alpha value is -2.73. The monoisotopic (exact) mass is 357 g/mol. The van der Waals surface area contributed by atoms with E-state index in [1.807, 2.05) is 19.1 Å². The lowest BCUT2D eigenvalue weighted by atomic mass is 9.96. The minimum atomic E-state index is -0.877. The van der Waals surface area contributed by atoms with Crippen LogP contribution in [0.2, 0.25) is 0 Å². The van der Waals surface area contributed by atoms with Gasteiger partial charge in [-0.15, -0.1) is 0 Å². The van der Waals surface area contributed by atoms with Crippen molar-refractivity contribution in [3.05, 3.63) is 65.5 Å².